The second kappa shape index (κ2) is 7.76. The molecule has 5 heteroatoms. The average Bonchev–Trinajstić information content (AvgIpc) is 2.37. The molecule has 4 nitrogen and oxygen atoms in total. The second-order valence-electron chi connectivity index (χ2n) is 5.79. The van der Waals surface area contributed by atoms with Crippen molar-refractivity contribution in [1.29, 1.82) is 0 Å². The van der Waals surface area contributed by atoms with Crippen molar-refractivity contribution < 1.29 is 19.1 Å². The third kappa shape index (κ3) is 5.94. The first kappa shape index (κ1) is 17.1. The summed E-state index contributed by atoms with van der Waals surface area (Å²) in [5.41, 5.74) is 0.791. The van der Waals surface area contributed by atoms with Gasteiger partial charge in [0.2, 0.25) is 0 Å². The van der Waals surface area contributed by atoms with E-state index in [-0.39, 0.29) is 24.4 Å². The largest absolute Gasteiger partial charge is 0.481 e. The highest BCUT2D eigenvalue weighted by atomic mass is 19.1. The lowest BCUT2D eigenvalue weighted by Gasteiger charge is -2.18. The minimum Gasteiger partial charge on any atom is -0.481 e. The van der Waals surface area contributed by atoms with Gasteiger partial charge in [-0.05, 0) is 37.3 Å². The summed E-state index contributed by atoms with van der Waals surface area (Å²) < 4.78 is 13.6. The molecule has 0 saturated heterocycles. The number of aliphatic carboxylic acids is 1. The number of carbonyl (C=O) groups excluding carboxylic acids is 1. The molecule has 0 saturated carbocycles. The standard InChI is InChI=1S/C16H22FNO3/c1-10(2)6-12(8-15(19)20)9-18-16(21)13-7-11(3)4-5-14(13)17/h4-5,7,10,12H,6,8-9H2,1-3H3,(H,18,21)(H,19,20). The summed E-state index contributed by atoms with van der Waals surface area (Å²) in [6.45, 7) is 6.01. The summed E-state index contributed by atoms with van der Waals surface area (Å²) in [6.07, 6.45) is 0.692. The Morgan fingerprint density at radius 2 is 2.00 bits per heavy atom. The van der Waals surface area contributed by atoms with Crippen LogP contribution >= 0.6 is 0 Å². The SMILES string of the molecule is Cc1ccc(F)c(C(=O)NCC(CC(=O)O)CC(C)C)c1. The van der Waals surface area contributed by atoms with Gasteiger partial charge in [0, 0.05) is 13.0 Å². The lowest BCUT2D eigenvalue weighted by atomic mass is 9.94. The number of benzene rings is 1. The Hall–Kier alpha value is -1.91. The molecular formula is C16H22FNO3. The first-order valence-corrected chi connectivity index (χ1v) is 7.05. The van der Waals surface area contributed by atoms with Gasteiger partial charge in [0.15, 0.2) is 0 Å². The molecule has 0 bridgehead atoms. The van der Waals surface area contributed by atoms with Gasteiger partial charge in [-0.15, -0.1) is 0 Å². The Kier molecular flexibility index (Phi) is 6.34. The molecule has 1 aromatic carbocycles. The number of amides is 1. The number of hydrogen-bond acceptors (Lipinski definition) is 2. The molecule has 1 atom stereocenters. The van der Waals surface area contributed by atoms with Gasteiger partial charge in [-0.2, -0.15) is 0 Å². The molecule has 0 spiro atoms. The number of carbonyl (C=O) groups is 2. The molecule has 1 aromatic rings. The maximum Gasteiger partial charge on any atom is 0.303 e. The van der Waals surface area contributed by atoms with E-state index in [4.69, 9.17) is 5.11 Å². The Morgan fingerprint density at radius 3 is 2.57 bits per heavy atom. The smallest absolute Gasteiger partial charge is 0.303 e. The van der Waals surface area contributed by atoms with E-state index in [1.807, 2.05) is 13.8 Å². The predicted molar refractivity (Wildman–Crippen MR) is 78.7 cm³/mol. The number of carboxylic acid groups (broad SMARTS) is 1. The van der Waals surface area contributed by atoms with Crippen LogP contribution in [0.5, 0.6) is 0 Å². The van der Waals surface area contributed by atoms with Crippen LogP contribution in [0.1, 0.15) is 42.6 Å². The van der Waals surface area contributed by atoms with Crippen molar-refractivity contribution in [3.63, 3.8) is 0 Å². The van der Waals surface area contributed by atoms with E-state index in [2.05, 4.69) is 5.32 Å². The molecule has 0 aliphatic heterocycles. The van der Waals surface area contributed by atoms with E-state index >= 15 is 0 Å². The van der Waals surface area contributed by atoms with Crippen LogP contribution in [0.3, 0.4) is 0 Å². The number of nitrogens with one attached hydrogen (secondary N) is 1. The fourth-order valence-corrected chi connectivity index (χ4v) is 2.30. The van der Waals surface area contributed by atoms with Crippen LogP contribution in [0.25, 0.3) is 0 Å². The molecular weight excluding hydrogens is 273 g/mol. The van der Waals surface area contributed by atoms with E-state index in [1.54, 1.807) is 13.0 Å². The van der Waals surface area contributed by atoms with E-state index in [0.717, 1.165) is 5.56 Å². The fourth-order valence-electron chi connectivity index (χ4n) is 2.30. The van der Waals surface area contributed by atoms with Gasteiger partial charge in [0.1, 0.15) is 5.82 Å². The summed E-state index contributed by atoms with van der Waals surface area (Å²) in [5.74, 6) is -1.79. The number of carboxylic acids is 1. The van der Waals surface area contributed by atoms with Crippen molar-refractivity contribution in [2.75, 3.05) is 6.54 Å². The molecule has 0 heterocycles. The van der Waals surface area contributed by atoms with Crippen molar-refractivity contribution >= 4 is 11.9 Å². The minimum atomic E-state index is -0.892. The van der Waals surface area contributed by atoms with Gasteiger partial charge in [0.25, 0.3) is 5.91 Å². The Morgan fingerprint density at radius 1 is 1.33 bits per heavy atom. The van der Waals surface area contributed by atoms with Crippen LogP contribution in [0.4, 0.5) is 4.39 Å². The average molecular weight is 295 g/mol. The zero-order valence-electron chi connectivity index (χ0n) is 12.6. The van der Waals surface area contributed by atoms with Crippen molar-refractivity contribution in [3.8, 4) is 0 Å². The second-order valence-corrected chi connectivity index (χ2v) is 5.79. The maximum absolute atomic E-state index is 13.6. The Balaban J connectivity index is 2.68. The quantitative estimate of drug-likeness (QED) is 0.812. The van der Waals surface area contributed by atoms with Crippen LogP contribution in [0.2, 0.25) is 0 Å². The highest BCUT2D eigenvalue weighted by Crippen LogP contribution is 2.15. The van der Waals surface area contributed by atoms with Gasteiger partial charge >= 0.3 is 5.97 Å². The molecule has 1 rings (SSSR count). The van der Waals surface area contributed by atoms with Gasteiger partial charge in [-0.25, -0.2) is 4.39 Å². The maximum atomic E-state index is 13.6. The molecule has 2 N–H and O–H groups in total. The van der Waals surface area contributed by atoms with Gasteiger partial charge in [-0.1, -0.05) is 25.5 Å². The fraction of sp³-hybridized carbons (Fsp3) is 0.500. The van der Waals surface area contributed by atoms with Crippen LogP contribution in [0, 0.1) is 24.6 Å². The Bertz CT molecular complexity index is 514. The Labute approximate surface area is 124 Å². The molecule has 0 aliphatic rings. The molecule has 21 heavy (non-hydrogen) atoms. The van der Waals surface area contributed by atoms with E-state index in [9.17, 15) is 14.0 Å². The molecule has 0 aromatic heterocycles. The van der Waals surface area contributed by atoms with Crippen LogP contribution in [0.15, 0.2) is 18.2 Å². The summed E-state index contributed by atoms with van der Waals surface area (Å²) in [6, 6.07) is 4.34. The van der Waals surface area contributed by atoms with Crippen molar-refractivity contribution in [1.82, 2.24) is 5.32 Å². The topological polar surface area (TPSA) is 66.4 Å². The van der Waals surface area contributed by atoms with Gasteiger partial charge in [-0.3, -0.25) is 9.59 Å². The van der Waals surface area contributed by atoms with Gasteiger partial charge in [0.05, 0.1) is 5.56 Å². The van der Waals surface area contributed by atoms with Crippen molar-refractivity contribution in [2.24, 2.45) is 11.8 Å². The monoisotopic (exact) mass is 295 g/mol. The number of hydrogen-bond donors (Lipinski definition) is 2. The third-order valence-electron chi connectivity index (χ3n) is 3.19. The highest BCUT2D eigenvalue weighted by molar-refractivity contribution is 5.94. The van der Waals surface area contributed by atoms with Crippen LogP contribution in [-0.4, -0.2) is 23.5 Å². The molecule has 0 aliphatic carbocycles. The first-order valence-electron chi connectivity index (χ1n) is 7.05. The molecule has 1 unspecified atom stereocenters. The first-order chi connectivity index (χ1) is 9.79. The van der Waals surface area contributed by atoms with Crippen LogP contribution in [-0.2, 0) is 4.79 Å². The molecule has 0 fully saturated rings. The number of rotatable bonds is 7. The summed E-state index contributed by atoms with van der Waals surface area (Å²) >= 11 is 0. The number of aryl methyl sites for hydroxylation is 1. The van der Waals surface area contributed by atoms with Gasteiger partial charge < -0.3 is 10.4 Å². The normalized spacial score (nSPS) is 12.2. The molecule has 0 radical (unpaired) electrons. The summed E-state index contributed by atoms with van der Waals surface area (Å²) in [7, 11) is 0. The molecule has 116 valence electrons. The lowest BCUT2D eigenvalue weighted by Crippen LogP contribution is -2.31. The van der Waals surface area contributed by atoms with E-state index < -0.39 is 17.7 Å². The van der Waals surface area contributed by atoms with E-state index in [0.29, 0.717) is 12.3 Å². The van der Waals surface area contributed by atoms with Crippen molar-refractivity contribution in [2.45, 2.75) is 33.6 Å². The lowest BCUT2D eigenvalue weighted by molar-refractivity contribution is -0.138. The van der Waals surface area contributed by atoms with E-state index in [1.165, 1.54) is 12.1 Å². The minimum absolute atomic E-state index is 0.00520. The molecule has 1 amide bonds. The zero-order valence-corrected chi connectivity index (χ0v) is 12.6. The summed E-state index contributed by atoms with van der Waals surface area (Å²) in [4.78, 5) is 22.8. The van der Waals surface area contributed by atoms with Crippen LogP contribution < -0.4 is 5.32 Å². The third-order valence-corrected chi connectivity index (χ3v) is 3.19. The van der Waals surface area contributed by atoms with Crippen molar-refractivity contribution in [3.05, 3.63) is 35.1 Å². The zero-order chi connectivity index (χ0) is 16.0. The predicted octanol–water partition coefficient (Wildman–Crippen LogP) is 3.00. The number of halogens is 1. The summed E-state index contributed by atoms with van der Waals surface area (Å²) in [5, 5.41) is 11.5. The highest BCUT2D eigenvalue weighted by Gasteiger charge is 2.18.